The van der Waals surface area contributed by atoms with Gasteiger partial charge in [0.15, 0.2) is 0 Å². The van der Waals surface area contributed by atoms with Crippen LogP contribution < -0.4 is 16.4 Å². The number of nitrogens with two attached hydrogens (primary N) is 1. The Hall–Kier alpha value is -2.11. The monoisotopic (exact) mass is 264 g/mol. The van der Waals surface area contributed by atoms with Crippen LogP contribution in [0.1, 0.15) is 31.1 Å². The Morgan fingerprint density at radius 3 is 2.63 bits per heavy atom. The second kappa shape index (κ2) is 6.72. The molecule has 6 heteroatoms. The molecule has 6 nitrogen and oxygen atoms in total. The van der Waals surface area contributed by atoms with Gasteiger partial charge in [-0.2, -0.15) is 0 Å². The molecule has 104 valence electrons. The Morgan fingerprint density at radius 1 is 1.42 bits per heavy atom. The first-order valence-electron chi connectivity index (χ1n) is 6.25. The standard InChI is InChI=1S/C13H20N4O2/c1-4-16-10-7-15-6-5-9(10)13(19)17-11(8(2)3)12(14)18/h5-8,11,16H,4H2,1-3H3,(H2,14,18)(H,17,19). The van der Waals surface area contributed by atoms with Gasteiger partial charge in [0.1, 0.15) is 6.04 Å². The van der Waals surface area contributed by atoms with Crippen LogP contribution in [0.2, 0.25) is 0 Å². The van der Waals surface area contributed by atoms with Crippen LogP contribution in [0.3, 0.4) is 0 Å². The highest BCUT2D eigenvalue weighted by atomic mass is 16.2. The second-order valence-electron chi connectivity index (χ2n) is 4.55. The van der Waals surface area contributed by atoms with E-state index >= 15 is 0 Å². The van der Waals surface area contributed by atoms with E-state index in [1.54, 1.807) is 12.3 Å². The van der Waals surface area contributed by atoms with Crippen LogP contribution in [0.4, 0.5) is 5.69 Å². The summed E-state index contributed by atoms with van der Waals surface area (Å²) < 4.78 is 0. The number of amides is 2. The van der Waals surface area contributed by atoms with E-state index in [2.05, 4.69) is 15.6 Å². The predicted molar refractivity (Wildman–Crippen MR) is 73.7 cm³/mol. The van der Waals surface area contributed by atoms with E-state index < -0.39 is 11.9 Å². The van der Waals surface area contributed by atoms with Crippen molar-refractivity contribution in [2.45, 2.75) is 26.8 Å². The van der Waals surface area contributed by atoms with E-state index in [0.717, 1.165) is 0 Å². The van der Waals surface area contributed by atoms with Crippen molar-refractivity contribution in [3.8, 4) is 0 Å². The summed E-state index contributed by atoms with van der Waals surface area (Å²) in [4.78, 5) is 27.4. The number of carbonyl (C=O) groups excluding carboxylic acids is 2. The van der Waals surface area contributed by atoms with Gasteiger partial charge in [-0.05, 0) is 18.9 Å². The van der Waals surface area contributed by atoms with Crippen LogP contribution in [0, 0.1) is 5.92 Å². The number of nitrogens with one attached hydrogen (secondary N) is 2. The third-order valence-corrected chi connectivity index (χ3v) is 2.69. The van der Waals surface area contributed by atoms with Crippen LogP contribution >= 0.6 is 0 Å². The molecule has 1 unspecified atom stereocenters. The molecule has 1 heterocycles. The lowest BCUT2D eigenvalue weighted by Gasteiger charge is -2.19. The van der Waals surface area contributed by atoms with E-state index in [-0.39, 0.29) is 11.8 Å². The maximum Gasteiger partial charge on any atom is 0.254 e. The SMILES string of the molecule is CCNc1cnccc1C(=O)NC(C(N)=O)C(C)C. The lowest BCUT2D eigenvalue weighted by Crippen LogP contribution is -2.47. The molecular formula is C13H20N4O2. The summed E-state index contributed by atoms with van der Waals surface area (Å²) in [5, 5.41) is 5.70. The molecule has 0 fully saturated rings. The molecule has 1 rings (SSSR count). The van der Waals surface area contributed by atoms with Gasteiger partial charge in [-0.15, -0.1) is 0 Å². The molecule has 1 aromatic heterocycles. The molecule has 0 radical (unpaired) electrons. The van der Waals surface area contributed by atoms with E-state index in [0.29, 0.717) is 17.8 Å². The highest BCUT2D eigenvalue weighted by Gasteiger charge is 2.23. The lowest BCUT2D eigenvalue weighted by molar-refractivity contribution is -0.120. The van der Waals surface area contributed by atoms with E-state index in [4.69, 9.17) is 5.73 Å². The van der Waals surface area contributed by atoms with Crippen molar-refractivity contribution >= 4 is 17.5 Å². The zero-order valence-electron chi connectivity index (χ0n) is 11.4. The molecule has 0 aliphatic carbocycles. The van der Waals surface area contributed by atoms with Crippen molar-refractivity contribution in [3.63, 3.8) is 0 Å². The van der Waals surface area contributed by atoms with Crippen LogP contribution in [0.5, 0.6) is 0 Å². The van der Waals surface area contributed by atoms with Gasteiger partial charge in [-0.3, -0.25) is 14.6 Å². The highest BCUT2D eigenvalue weighted by molar-refractivity contribution is 6.01. The van der Waals surface area contributed by atoms with E-state index in [9.17, 15) is 9.59 Å². The average molecular weight is 264 g/mol. The van der Waals surface area contributed by atoms with Crippen LogP contribution in [0.25, 0.3) is 0 Å². The van der Waals surface area contributed by atoms with Crippen molar-refractivity contribution < 1.29 is 9.59 Å². The molecule has 0 spiro atoms. The molecule has 0 aromatic carbocycles. The highest BCUT2D eigenvalue weighted by Crippen LogP contribution is 2.14. The Kier molecular flexibility index (Phi) is 5.29. The summed E-state index contributed by atoms with van der Waals surface area (Å²) in [5.41, 5.74) is 6.36. The van der Waals surface area contributed by atoms with Gasteiger partial charge in [-0.1, -0.05) is 13.8 Å². The summed E-state index contributed by atoms with van der Waals surface area (Å²) in [6.07, 6.45) is 3.11. The van der Waals surface area contributed by atoms with Gasteiger partial charge in [0, 0.05) is 12.7 Å². The Bertz CT molecular complexity index is 460. The topological polar surface area (TPSA) is 97.1 Å². The number of rotatable bonds is 6. The van der Waals surface area contributed by atoms with Crippen molar-refractivity contribution in [3.05, 3.63) is 24.0 Å². The zero-order valence-corrected chi connectivity index (χ0v) is 11.4. The molecule has 1 aromatic rings. The first-order valence-corrected chi connectivity index (χ1v) is 6.25. The molecule has 4 N–H and O–H groups in total. The Morgan fingerprint density at radius 2 is 2.11 bits per heavy atom. The van der Waals surface area contributed by atoms with Gasteiger partial charge < -0.3 is 16.4 Å². The summed E-state index contributed by atoms with van der Waals surface area (Å²) >= 11 is 0. The number of carbonyl (C=O) groups is 2. The van der Waals surface area contributed by atoms with Crippen molar-refractivity contribution in [2.75, 3.05) is 11.9 Å². The van der Waals surface area contributed by atoms with Crippen molar-refractivity contribution in [1.29, 1.82) is 0 Å². The molecule has 0 bridgehead atoms. The first-order chi connectivity index (χ1) is 8.97. The number of nitrogens with zero attached hydrogens (tertiary/aromatic N) is 1. The molecule has 0 aliphatic heterocycles. The van der Waals surface area contributed by atoms with Crippen LogP contribution in [0.15, 0.2) is 18.5 Å². The minimum atomic E-state index is -0.685. The van der Waals surface area contributed by atoms with E-state index in [1.165, 1.54) is 6.20 Å². The quantitative estimate of drug-likeness (QED) is 0.706. The first kappa shape index (κ1) is 14.9. The van der Waals surface area contributed by atoms with Gasteiger partial charge in [-0.25, -0.2) is 0 Å². The third kappa shape index (κ3) is 3.94. The smallest absolute Gasteiger partial charge is 0.254 e. The zero-order chi connectivity index (χ0) is 14.4. The summed E-state index contributed by atoms with van der Waals surface area (Å²) in [7, 11) is 0. The molecule has 1 atom stereocenters. The minimum Gasteiger partial charge on any atom is -0.383 e. The molecule has 0 aliphatic rings. The molecular weight excluding hydrogens is 244 g/mol. The lowest BCUT2D eigenvalue weighted by atomic mass is 10.0. The summed E-state index contributed by atoms with van der Waals surface area (Å²) in [6.45, 7) is 6.26. The van der Waals surface area contributed by atoms with Gasteiger partial charge in [0.05, 0.1) is 17.4 Å². The van der Waals surface area contributed by atoms with E-state index in [1.807, 2.05) is 20.8 Å². The Labute approximate surface area is 112 Å². The molecule has 2 amide bonds. The van der Waals surface area contributed by atoms with Crippen molar-refractivity contribution in [2.24, 2.45) is 11.7 Å². The number of anilines is 1. The van der Waals surface area contributed by atoms with Gasteiger partial charge in [0.2, 0.25) is 5.91 Å². The predicted octanol–water partition coefficient (Wildman–Crippen LogP) is 0.753. The number of hydrogen-bond donors (Lipinski definition) is 3. The number of primary amides is 1. The number of pyridine rings is 1. The normalized spacial score (nSPS) is 12.0. The minimum absolute atomic E-state index is 0.0640. The molecule has 19 heavy (non-hydrogen) atoms. The fraction of sp³-hybridized carbons (Fsp3) is 0.462. The molecule has 0 saturated carbocycles. The summed E-state index contributed by atoms with van der Waals surface area (Å²) in [6, 6.07) is 0.918. The average Bonchev–Trinajstić information content (AvgIpc) is 2.36. The third-order valence-electron chi connectivity index (χ3n) is 2.69. The van der Waals surface area contributed by atoms with Crippen LogP contribution in [-0.4, -0.2) is 29.4 Å². The summed E-state index contributed by atoms with van der Waals surface area (Å²) in [5.74, 6) is -0.941. The van der Waals surface area contributed by atoms with Crippen LogP contribution in [-0.2, 0) is 4.79 Å². The molecule has 0 saturated heterocycles. The maximum absolute atomic E-state index is 12.2. The maximum atomic E-state index is 12.2. The van der Waals surface area contributed by atoms with Crippen molar-refractivity contribution in [1.82, 2.24) is 10.3 Å². The van der Waals surface area contributed by atoms with Gasteiger partial charge in [0.25, 0.3) is 5.91 Å². The Balaban J connectivity index is 2.91. The number of hydrogen-bond acceptors (Lipinski definition) is 4. The van der Waals surface area contributed by atoms with Gasteiger partial charge >= 0.3 is 0 Å². The largest absolute Gasteiger partial charge is 0.383 e. The number of aromatic nitrogens is 1. The fourth-order valence-electron chi connectivity index (χ4n) is 1.71. The second-order valence-corrected chi connectivity index (χ2v) is 4.55. The fourth-order valence-corrected chi connectivity index (χ4v) is 1.71.